The summed E-state index contributed by atoms with van der Waals surface area (Å²) in [7, 11) is -2.97. The summed E-state index contributed by atoms with van der Waals surface area (Å²) in [5, 5.41) is 11.0. The molecule has 0 bridgehead atoms. The maximum atomic E-state index is 14.8. The van der Waals surface area contributed by atoms with Crippen molar-refractivity contribution in [1.29, 1.82) is 0 Å². The van der Waals surface area contributed by atoms with Gasteiger partial charge in [-0.2, -0.15) is 0 Å². The molecule has 1 saturated carbocycles. The molecule has 0 aliphatic heterocycles. The van der Waals surface area contributed by atoms with Crippen LogP contribution in [-0.4, -0.2) is 34.6 Å². The number of hydrogen-bond acceptors (Lipinski definition) is 5. The van der Waals surface area contributed by atoms with Gasteiger partial charge in [-0.1, -0.05) is 11.6 Å². The standard InChI is InChI=1S/C16H18ClF3N4O3S/c1-15(8-16(19,20)9-15)22-28(26,27)12-7-23(2)11(14(12)18)6-24(25)10-3-4-21-13(17)5-10/h3-5,7,22,25H,6,8-9H2,1-2H3. The number of nitrogens with zero attached hydrogens (tertiary/aromatic N) is 3. The van der Waals surface area contributed by atoms with Gasteiger partial charge in [0.15, 0.2) is 5.82 Å². The van der Waals surface area contributed by atoms with E-state index in [0.717, 1.165) is 6.20 Å². The smallest absolute Gasteiger partial charge is 0.251 e. The number of aromatic nitrogens is 2. The number of aryl methyl sites for hydroxylation is 1. The minimum absolute atomic E-state index is 0.113. The minimum atomic E-state index is -4.38. The third-order valence-corrected chi connectivity index (χ3v) is 6.31. The van der Waals surface area contributed by atoms with Crippen LogP contribution >= 0.6 is 11.6 Å². The SMILES string of the molecule is Cn1cc(S(=O)(=O)NC2(C)CC(F)(F)C2)c(F)c1CN(O)c1ccnc(Cl)c1. The van der Waals surface area contributed by atoms with E-state index in [9.17, 15) is 26.8 Å². The molecule has 1 aliphatic carbocycles. The quantitative estimate of drug-likeness (QED) is 0.534. The Morgan fingerprint density at radius 1 is 1.43 bits per heavy atom. The van der Waals surface area contributed by atoms with Gasteiger partial charge in [-0.15, -0.1) is 0 Å². The monoisotopic (exact) mass is 438 g/mol. The first kappa shape index (κ1) is 20.9. The third kappa shape index (κ3) is 4.12. The fourth-order valence-corrected chi connectivity index (χ4v) is 5.02. The van der Waals surface area contributed by atoms with Gasteiger partial charge in [-0.25, -0.2) is 31.3 Å². The number of nitrogens with one attached hydrogen (secondary N) is 1. The molecule has 0 unspecified atom stereocenters. The van der Waals surface area contributed by atoms with E-state index in [1.165, 1.54) is 36.9 Å². The van der Waals surface area contributed by atoms with Crippen LogP contribution in [0.25, 0.3) is 0 Å². The summed E-state index contributed by atoms with van der Waals surface area (Å²) >= 11 is 5.75. The average molecular weight is 439 g/mol. The average Bonchev–Trinajstić information content (AvgIpc) is 2.81. The maximum Gasteiger partial charge on any atom is 0.251 e. The van der Waals surface area contributed by atoms with E-state index in [1.54, 1.807) is 0 Å². The Hall–Kier alpha value is -1.82. The fraction of sp³-hybridized carbons (Fsp3) is 0.438. The molecule has 0 saturated heterocycles. The number of hydroxylamine groups is 1. The van der Waals surface area contributed by atoms with Gasteiger partial charge < -0.3 is 4.57 Å². The summed E-state index contributed by atoms with van der Waals surface area (Å²) < 4.78 is 69.5. The van der Waals surface area contributed by atoms with Gasteiger partial charge in [0, 0.05) is 43.9 Å². The molecule has 0 radical (unpaired) electrons. The number of alkyl halides is 2. The van der Waals surface area contributed by atoms with Crippen molar-refractivity contribution in [2.45, 2.75) is 42.7 Å². The molecule has 0 aromatic carbocycles. The summed E-state index contributed by atoms with van der Waals surface area (Å²) in [5.41, 5.74) is -1.24. The molecule has 154 valence electrons. The summed E-state index contributed by atoms with van der Waals surface area (Å²) in [5.74, 6) is -4.02. The van der Waals surface area contributed by atoms with Gasteiger partial charge in [-0.05, 0) is 13.0 Å². The number of hydrogen-bond donors (Lipinski definition) is 2. The van der Waals surface area contributed by atoms with Crippen LogP contribution in [-0.2, 0) is 23.6 Å². The molecule has 0 atom stereocenters. The van der Waals surface area contributed by atoms with Gasteiger partial charge in [0.25, 0.3) is 5.92 Å². The van der Waals surface area contributed by atoms with Crippen LogP contribution in [0.15, 0.2) is 29.4 Å². The maximum absolute atomic E-state index is 14.8. The highest BCUT2D eigenvalue weighted by atomic mass is 35.5. The van der Waals surface area contributed by atoms with Gasteiger partial charge in [0.2, 0.25) is 10.0 Å². The molecule has 7 nitrogen and oxygen atoms in total. The Labute approximate surface area is 164 Å². The van der Waals surface area contributed by atoms with Gasteiger partial charge in [0.05, 0.1) is 17.9 Å². The molecule has 2 N–H and O–H groups in total. The highest BCUT2D eigenvalue weighted by molar-refractivity contribution is 7.89. The number of anilines is 1. The first-order valence-corrected chi connectivity index (χ1v) is 10.0. The zero-order valence-corrected chi connectivity index (χ0v) is 16.5. The number of rotatable bonds is 6. The summed E-state index contributed by atoms with van der Waals surface area (Å²) in [6.45, 7) is 0.958. The van der Waals surface area contributed by atoms with E-state index >= 15 is 0 Å². The number of pyridine rings is 1. The van der Waals surface area contributed by atoms with Crippen molar-refractivity contribution in [1.82, 2.24) is 14.3 Å². The summed E-state index contributed by atoms with van der Waals surface area (Å²) in [6.07, 6.45) is 1.05. The van der Waals surface area contributed by atoms with Crippen molar-refractivity contribution in [3.63, 3.8) is 0 Å². The summed E-state index contributed by atoms with van der Waals surface area (Å²) in [4.78, 5) is 3.09. The zero-order chi connectivity index (χ0) is 20.9. The Morgan fingerprint density at radius 3 is 2.64 bits per heavy atom. The van der Waals surface area contributed by atoms with Crippen molar-refractivity contribution in [2.24, 2.45) is 7.05 Å². The fourth-order valence-electron chi connectivity index (χ4n) is 3.30. The minimum Gasteiger partial charge on any atom is -0.349 e. The van der Waals surface area contributed by atoms with E-state index in [1.807, 2.05) is 0 Å². The Balaban J connectivity index is 1.83. The second-order valence-corrected chi connectivity index (χ2v) is 9.17. The van der Waals surface area contributed by atoms with Crippen molar-refractivity contribution in [2.75, 3.05) is 5.06 Å². The van der Waals surface area contributed by atoms with Gasteiger partial charge in [-0.3, -0.25) is 10.3 Å². The van der Waals surface area contributed by atoms with Crippen molar-refractivity contribution in [3.05, 3.63) is 41.2 Å². The molecular formula is C16H18ClF3N4O3S. The predicted octanol–water partition coefficient (Wildman–Crippen LogP) is 3.07. The Morgan fingerprint density at radius 2 is 2.07 bits per heavy atom. The number of sulfonamides is 1. The lowest BCUT2D eigenvalue weighted by atomic mass is 9.76. The lowest BCUT2D eigenvalue weighted by Crippen LogP contribution is -2.60. The van der Waals surface area contributed by atoms with Crippen LogP contribution < -0.4 is 9.79 Å². The molecule has 2 heterocycles. The molecule has 2 aromatic rings. The topological polar surface area (TPSA) is 87.5 Å². The lowest BCUT2D eigenvalue weighted by molar-refractivity contribution is -0.121. The second kappa shape index (κ2) is 6.90. The van der Waals surface area contributed by atoms with Crippen molar-refractivity contribution >= 4 is 27.3 Å². The molecule has 1 fully saturated rings. The third-order valence-electron chi connectivity index (χ3n) is 4.48. The van der Waals surface area contributed by atoms with E-state index < -0.39 is 45.0 Å². The van der Waals surface area contributed by atoms with Crippen LogP contribution in [0.2, 0.25) is 5.15 Å². The van der Waals surface area contributed by atoms with E-state index in [4.69, 9.17) is 11.6 Å². The van der Waals surface area contributed by atoms with Gasteiger partial charge in [0.1, 0.15) is 10.0 Å². The van der Waals surface area contributed by atoms with Crippen LogP contribution in [0.1, 0.15) is 25.5 Å². The Bertz CT molecular complexity index is 1000. The molecule has 0 amide bonds. The molecule has 28 heavy (non-hydrogen) atoms. The van der Waals surface area contributed by atoms with Crippen LogP contribution in [0, 0.1) is 5.82 Å². The van der Waals surface area contributed by atoms with Crippen LogP contribution in [0.5, 0.6) is 0 Å². The normalized spacial score (nSPS) is 18.0. The van der Waals surface area contributed by atoms with Crippen molar-refractivity contribution < 1.29 is 26.8 Å². The first-order valence-electron chi connectivity index (χ1n) is 8.15. The van der Waals surface area contributed by atoms with Gasteiger partial charge >= 0.3 is 0 Å². The number of halogens is 4. The van der Waals surface area contributed by atoms with Crippen LogP contribution in [0.4, 0.5) is 18.9 Å². The molecule has 12 heteroatoms. The van der Waals surface area contributed by atoms with E-state index in [-0.39, 0.29) is 23.1 Å². The molecule has 0 spiro atoms. The van der Waals surface area contributed by atoms with Crippen molar-refractivity contribution in [3.8, 4) is 0 Å². The largest absolute Gasteiger partial charge is 0.349 e. The second-order valence-electron chi connectivity index (χ2n) is 7.14. The zero-order valence-electron chi connectivity index (χ0n) is 15.0. The molecule has 1 aliphatic rings. The molecule has 3 rings (SSSR count). The molecule has 2 aromatic heterocycles. The lowest BCUT2D eigenvalue weighted by Gasteiger charge is -2.44. The first-order chi connectivity index (χ1) is 12.8. The Kier molecular flexibility index (Phi) is 5.15. The van der Waals surface area contributed by atoms with Crippen LogP contribution in [0.3, 0.4) is 0 Å². The highest BCUT2D eigenvalue weighted by Crippen LogP contribution is 2.46. The van der Waals surface area contributed by atoms with E-state index in [2.05, 4.69) is 9.71 Å². The highest BCUT2D eigenvalue weighted by Gasteiger charge is 2.55. The predicted molar refractivity (Wildman–Crippen MR) is 95.5 cm³/mol. The van der Waals surface area contributed by atoms with E-state index in [0.29, 0.717) is 5.06 Å². The summed E-state index contributed by atoms with van der Waals surface area (Å²) in [6, 6.07) is 2.78. The molecular weight excluding hydrogens is 421 g/mol.